The van der Waals surface area contributed by atoms with Crippen molar-refractivity contribution in [3.8, 4) is 11.5 Å². The molecule has 0 bridgehead atoms. The molecule has 1 N–H and O–H groups in total. The highest BCUT2D eigenvalue weighted by atomic mass is 16.5. The molecule has 0 fully saturated rings. The lowest BCUT2D eigenvalue weighted by Gasteiger charge is -2.03. The van der Waals surface area contributed by atoms with Crippen LogP contribution in [0.25, 0.3) is 6.08 Å². The topological polar surface area (TPSA) is 46.5 Å². The van der Waals surface area contributed by atoms with Crippen LogP contribution in [0.15, 0.2) is 36.9 Å². The van der Waals surface area contributed by atoms with E-state index in [1.807, 2.05) is 0 Å². The molecule has 3 heteroatoms. The summed E-state index contributed by atoms with van der Waals surface area (Å²) in [7, 11) is 1.47. The highest BCUT2D eigenvalue weighted by Crippen LogP contribution is 2.26. The molecule has 1 rings (SSSR count). The van der Waals surface area contributed by atoms with E-state index in [4.69, 9.17) is 4.74 Å². The van der Waals surface area contributed by atoms with Crippen LogP contribution in [0, 0.1) is 0 Å². The minimum Gasteiger partial charge on any atom is -0.504 e. The summed E-state index contributed by atoms with van der Waals surface area (Å²) >= 11 is 0. The van der Waals surface area contributed by atoms with Crippen LogP contribution in [0.1, 0.15) is 5.56 Å². The predicted molar refractivity (Wildman–Crippen MR) is 58.9 cm³/mol. The lowest BCUT2D eigenvalue weighted by Crippen LogP contribution is -1.86. The number of hydrogen-bond acceptors (Lipinski definition) is 3. The van der Waals surface area contributed by atoms with Crippen molar-refractivity contribution >= 4 is 11.9 Å². The number of benzene rings is 1. The summed E-state index contributed by atoms with van der Waals surface area (Å²) in [6, 6.07) is 4.84. The van der Waals surface area contributed by atoms with E-state index in [9.17, 15) is 9.90 Å². The number of aromatic hydroxyl groups is 1. The Labute approximate surface area is 88.3 Å². The standard InChI is InChI=1S/C12H12O3/c1-3-10(13)6-4-9-5-7-11(14)12(8-9)15-2/h3-8,14H,1H2,2H3. The molecule has 15 heavy (non-hydrogen) atoms. The number of carbonyl (C=O) groups excluding carboxylic acids is 1. The molecule has 0 amide bonds. The summed E-state index contributed by atoms with van der Waals surface area (Å²) in [5, 5.41) is 9.33. The third-order valence-electron chi connectivity index (χ3n) is 1.85. The van der Waals surface area contributed by atoms with Gasteiger partial charge < -0.3 is 9.84 Å². The van der Waals surface area contributed by atoms with E-state index in [1.165, 1.54) is 25.3 Å². The summed E-state index contributed by atoms with van der Waals surface area (Å²) in [6.07, 6.45) is 4.26. The van der Waals surface area contributed by atoms with Gasteiger partial charge in [0.15, 0.2) is 17.3 Å². The van der Waals surface area contributed by atoms with Gasteiger partial charge in [0.25, 0.3) is 0 Å². The number of phenolic OH excluding ortho intramolecular Hbond substituents is 1. The van der Waals surface area contributed by atoms with Gasteiger partial charge in [0, 0.05) is 0 Å². The summed E-state index contributed by atoms with van der Waals surface area (Å²) in [4.78, 5) is 10.9. The van der Waals surface area contributed by atoms with Gasteiger partial charge in [-0.15, -0.1) is 0 Å². The van der Waals surface area contributed by atoms with Gasteiger partial charge in [0.05, 0.1) is 7.11 Å². The van der Waals surface area contributed by atoms with Crippen molar-refractivity contribution in [1.82, 2.24) is 0 Å². The summed E-state index contributed by atoms with van der Waals surface area (Å²) in [5.41, 5.74) is 0.778. The van der Waals surface area contributed by atoms with Crippen molar-refractivity contribution in [2.75, 3.05) is 7.11 Å². The maximum atomic E-state index is 10.9. The second-order valence-electron chi connectivity index (χ2n) is 2.87. The van der Waals surface area contributed by atoms with Gasteiger partial charge in [-0.25, -0.2) is 0 Å². The Morgan fingerprint density at radius 3 is 2.87 bits per heavy atom. The third kappa shape index (κ3) is 2.98. The predicted octanol–water partition coefficient (Wildman–Crippen LogP) is 2.17. The van der Waals surface area contributed by atoms with Crippen molar-refractivity contribution < 1.29 is 14.6 Å². The van der Waals surface area contributed by atoms with Crippen molar-refractivity contribution in [2.24, 2.45) is 0 Å². The van der Waals surface area contributed by atoms with Gasteiger partial charge in [0.1, 0.15) is 0 Å². The van der Waals surface area contributed by atoms with Gasteiger partial charge in [-0.2, -0.15) is 0 Å². The van der Waals surface area contributed by atoms with Crippen LogP contribution in [-0.2, 0) is 4.79 Å². The maximum Gasteiger partial charge on any atom is 0.178 e. The number of carbonyl (C=O) groups is 1. The van der Waals surface area contributed by atoms with Crippen molar-refractivity contribution in [2.45, 2.75) is 0 Å². The minimum atomic E-state index is -0.165. The Balaban J connectivity index is 2.92. The van der Waals surface area contributed by atoms with E-state index in [1.54, 1.807) is 18.2 Å². The van der Waals surface area contributed by atoms with E-state index in [-0.39, 0.29) is 11.5 Å². The minimum absolute atomic E-state index is 0.0738. The van der Waals surface area contributed by atoms with Gasteiger partial charge in [-0.05, 0) is 29.8 Å². The molecule has 3 nitrogen and oxygen atoms in total. The van der Waals surface area contributed by atoms with Crippen molar-refractivity contribution in [1.29, 1.82) is 0 Å². The van der Waals surface area contributed by atoms with E-state index in [2.05, 4.69) is 6.58 Å². The molecule has 0 spiro atoms. The normalized spacial score (nSPS) is 10.2. The monoisotopic (exact) mass is 204 g/mol. The van der Waals surface area contributed by atoms with Crippen LogP contribution < -0.4 is 4.74 Å². The molecular formula is C12H12O3. The van der Waals surface area contributed by atoms with E-state index in [0.717, 1.165) is 5.56 Å². The summed E-state index contributed by atoms with van der Waals surface area (Å²) in [6.45, 7) is 3.36. The molecule has 78 valence electrons. The lowest BCUT2D eigenvalue weighted by molar-refractivity contribution is -0.110. The van der Waals surface area contributed by atoms with Gasteiger partial charge >= 0.3 is 0 Å². The lowest BCUT2D eigenvalue weighted by atomic mass is 10.1. The number of rotatable bonds is 4. The molecule has 0 radical (unpaired) electrons. The van der Waals surface area contributed by atoms with Crippen molar-refractivity contribution in [3.63, 3.8) is 0 Å². The molecule has 0 saturated carbocycles. The quantitative estimate of drug-likeness (QED) is 0.764. The van der Waals surface area contributed by atoms with Crippen LogP contribution in [0.4, 0.5) is 0 Å². The molecule has 0 unspecified atom stereocenters. The zero-order valence-corrected chi connectivity index (χ0v) is 8.43. The van der Waals surface area contributed by atoms with Crippen LogP contribution >= 0.6 is 0 Å². The van der Waals surface area contributed by atoms with Gasteiger partial charge in [0.2, 0.25) is 0 Å². The second-order valence-corrected chi connectivity index (χ2v) is 2.87. The average Bonchev–Trinajstić information content (AvgIpc) is 2.27. The Morgan fingerprint density at radius 2 is 2.27 bits per heavy atom. The molecule has 0 atom stereocenters. The van der Waals surface area contributed by atoms with E-state index >= 15 is 0 Å². The molecule has 0 aliphatic carbocycles. The molecule has 1 aromatic carbocycles. The first kappa shape index (κ1) is 11.0. The third-order valence-corrected chi connectivity index (χ3v) is 1.85. The largest absolute Gasteiger partial charge is 0.504 e. The van der Waals surface area contributed by atoms with E-state index in [0.29, 0.717) is 5.75 Å². The van der Waals surface area contributed by atoms with Crippen LogP contribution in [0.5, 0.6) is 11.5 Å². The van der Waals surface area contributed by atoms with Gasteiger partial charge in [-0.3, -0.25) is 4.79 Å². The smallest absolute Gasteiger partial charge is 0.178 e. The SMILES string of the molecule is C=CC(=O)C=Cc1ccc(O)c(OC)c1. The highest BCUT2D eigenvalue weighted by Gasteiger charge is 2.00. The number of ether oxygens (including phenoxy) is 1. The number of ketones is 1. The molecule has 0 aliphatic heterocycles. The number of hydrogen-bond donors (Lipinski definition) is 1. The summed E-state index contributed by atoms with van der Waals surface area (Å²) in [5.74, 6) is 0.287. The average molecular weight is 204 g/mol. The summed E-state index contributed by atoms with van der Waals surface area (Å²) < 4.78 is 4.93. The fourth-order valence-electron chi connectivity index (χ4n) is 1.04. The fraction of sp³-hybridized carbons (Fsp3) is 0.0833. The molecule has 1 aromatic rings. The van der Waals surface area contributed by atoms with E-state index < -0.39 is 0 Å². The zero-order valence-electron chi connectivity index (χ0n) is 8.43. The molecular weight excluding hydrogens is 192 g/mol. The highest BCUT2D eigenvalue weighted by molar-refractivity contribution is 6.01. The number of methoxy groups -OCH3 is 1. The van der Waals surface area contributed by atoms with Crippen molar-refractivity contribution in [3.05, 3.63) is 42.5 Å². The molecule has 0 saturated heterocycles. The first-order valence-corrected chi connectivity index (χ1v) is 4.39. The fourth-order valence-corrected chi connectivity index (χ4v) is 1.04. The van der Waals surface area contributed by atoms with Gasteiger partial charge in [-0.1, -0.05) is 18.7 Å². The Morgan fingerprint density at radius 1 is 1.53 bits per heavy atom. The second kappa shape index (κ2) is 5.00. The Hall–Kier alpha value is -2.03. The Bertz CT molecular complexity index is 405. The zero-order chi connectivity index (χ0) is 11.3. The first-order chi connectivity index (χ1) is 7.17. The molecule has 0 aromatic heterocycles. The Kier molecular flexibility index (Phi) is 3.68. The number of allylic oxidation sites excluding steroid dienone is 2. The number of phenols is 1. The van der Waals surface area contributed by atoms with Crippen LogP contribution in [0.2, 0.25) is 0 Å². The molecule has 0 heterocycles. The molecule has 0 aliphatic rings. The van der Waals surface area contributed by atoms with Crippen LogP contribution in [0.3, 0.4) is 0 Å². The maximum absolute atomic E-state index is 10.9. The first-order valence-electron chi connectivity index (χ1n) is 4.39. The van der Waals surface area contributed by atoms with Crippen LogP contribution in [-0.4, -0.2) is 18.0 Å².